The minimum atomic E-state index is -0.234. The van der Waals surface area contributed by atoms with E-state index in [1.807, 2.05) is 0 Å². The van der Waals surface area contributed by atoms with Crippen LogP contribution in [0, 0.1) is 11.2 Å². The van der Waals surface area contributed by atoms with Crippen LogP contribution in [0.4, 0.5) is 4.39 Å². The lowest BCUT2D eigenvalue weighted by molar-refractivity contribution is 0.272. The zero-order valence-corrected chi connectivity index (χ0v) is 17.4. The van der Waals surface area contributed by atoms with E-state index in [4.69, 9.17) is 4.74 Å². The smallest absolute Gasteiger partial charge is 0.153 e. The van der Waals surface area contributed by atoms with Gasteiger partial charge in [-0.15, -0.1) is 0 Å². The van der Waals surface area contributed by atoms with Crippen LogP contribution in [-0.2, 0) is 17.5 Å². The molecule has 2 rings (SSSR count). The summed E-state index contributed by atoms with van der Waals surface area (Å²) in [5.41, 5.74) is 5.25. The van der Waals surface area contributed by atoms with Gasteiger partial charge in [-0.1, -0.05) is 53.0 Å². The van der Waals surface area contributed by atoms with Crippen molar-refractivity contribution >= 4 is 13.0 Å². The third-order valence-corrected chi connectivity index (χ3v) is 5.39. The molecule has 1 aromatic carbocycles. The van der Waals surface area contributed by atoms with Gasteiger partial charge in [-0.2, -0.15) is 0 Å². The van der Waals surface area contributed by atoms with Crippen LogP contribution in [0.25, 0.3) is 5.76 Å². The third kappa shape index (κ3) is 5.75. The Hall–Kier alpha value is -1.97. The molecule has 1 heterocycles. The molecule has 146 valence electrons. The molecule has 0 aliphatic carbocycles. The summed E-state index contributed by atoms with van der Waals surface area (Å²) in [6.07, 6.45) is 3.36. The number of allylic oxidation sites excluding steroid dienone is 1. The monoisotopic (exact) mass is 369 g/mol. The molecule has 0 bridgehead atoms. The quantitative estimate of drug-likeness (QED) is 0.389. The summed E-state index contributed by atoms with van der Waals surface area (Å²) in [5.74, 6) is 0.628. The fourth-order valence-electron chi connectivity index (χ4n) is 3.37. The van der Waals surface area contributed by atoms with Crippen LogP contribution in [0.5, 0.6) is 0 Å². The number of hydrogen-bond donors (Lipinski definition) is 1. The normalized spacial score (nSPS) is 16.1. The van der Waals surface area contributed by atoms with Gasteiger partial charge in [0, 0.05) is 23.6 Å². The lowest BCUT2D eigenvalue weighted by atomic mass is 9.57. The Morgan fingerprint density at radius 1 is 1.30 bits per heavy atom. The number of hydrogen-bond acceptors (Lipinski definition) is 2. The molecular weight excluding hydrogens is 336 g/mol. The molecule has 1 N–H and O–H groups in total. The first-order chi connectivity index (χ1) is 12.6. The standard InChI is InChI=1S/C23H33BFNO/c1-8-16(3)26-22-12-18-11-19(25)13-20(21(18)14-24-22)17(4)27-10-9-15(2)23(5,6)7/h11,13,22,24,26H,2-4,8-10,12,14H2,1,5-7H3/t22-/m0/s1. The van der Waals surface area contributed by atoms with E-state index >= 15 is 0 Å². The van der Waals surface area contributed by atoms with Gasteiger partial charge in [0.1, 0.15) is 11.6 Å². The number of halogens is 1. The predicted octanol–water partition coefficient (Wildman–Crippen LogP) is 5.14. The molecule has 0 radical (unpaired) electrons. The van der Waals surface area contributed by atoms with E-state index in [0.717, 1.165) is 60.8 Å². The van der Waals surface area contributed by atoms with E-state index < -0.39 is 0 Å². The van der Waals surface area contributed by atoms with Gasteiger partial charge >= 0.3 is 0 Å². The minimum Gasteiger partial charge on any atom is -0.493 e. The van der Waals surface area contributed by atoms with Gasteiger partial charge in [0.05, 0.1) is 6.61 Å². The minimum absolute atomic E-state index is 0.0627. The van der Waals surface area contributed by atoms with Crippen LogP contribution in [0.15, 0.2) is 43.1 Å². The summed E-state index contributed by atoms with van der Waals surface area (Å²) < 4.78 is 20.1. The second-order valence-electron chi connectivity index (χ2n) is 8.51. The first-order valence-corrected chi connectivity index (χ1v) is 9.87. The summed E-state index contributed by atoms with van der Waals surface area (Å²) in [5, 5.41) is 3.46. The summed E-state index contributed by atoms with van der Waals surface area (Å²) in [6, 6.07) is 3.20. The van der Waals surface area contributed by atoms with Gasteiger partial charge in [0.25, 0.3) is 0 Å². The van der Waals surface area contributed by atoms with E-state index in [1.54, 1.807) is 12.1 Å². The van der Waals surface area contributed by atoms with Gasteiger partial charge in [0.2, 0.25) is 0 Å². The molecule has 27 heavy (non-hydrogen) atoms. The third-order valence-electron chi connectivity index (χ3n) is 5.39. The molecular formula is C23H33BFNO. The SMILES string of the molecule is C=C(CC)N[C@@H]1BCc2c(cc(F)cc2C(=C)OCCC(=C)C(C)(C)C)C1. The average molecular weight is 369 g/mol. The van der Waals surface area contributed by atoms with E-state index in [2.05, 4.69) is 52.7 Å². The number of benzene rings is 1. The van der Waals surface area contributed by atoms with Crippen molar-refractivity contribution in [2.24, 2.45) is 5.41 Å². The first-order valence-electron chi connectivity index (χ1n) is 9.87. The topological polar surface area (TPSA) is 21.3 Å². The highest BCUT2D eigenvalue weighted by molar-refractivity contribution is 6.38. The van der Waals surface area contributed by atoms with E-state index in [-0.39, 0.29) is 11.2 Å². The number of ether oxygens (including phenoxy) is 1. The van der Waals surface area contributed by atoms with Crippen molar-refractivity contribution in [1.29, 1.82) is 0 Å². The van der Waals surface area contributed by atoms with E-state index in [1.165, 1.54) is 0 Å². The van der Waals surface area contributed by atoms with Gasteiger partial charge in [-0.05, 0) is 47.8 Å². The molecule has 1 aliphatic heterocycles. The molecule has 4 heteroatoms. The lowest BCUT2D eigenvalue weighted by Crippen LogP contribution is -2.40. The number of fused-ring (bicyclic) bond motifs is 1. The van der Waals surface area contributed by atoms with Crippen LogP contribution in [-0.4, -0.2) is 19.8 Å². The summed E-state index contributed by atoms with van der Waals surface area (Å²) in [7, 11) is 0.999. The Labute approximate surface area is 164 Å². The molecule has 1 aliphatic rings. The van der Waals surface area contributed by atoms with Gasteiger partial charge < -0.3 is 10.1 Å². The van der Waals surface area contributed by atoms with Crippen molar-refractivity contribution in [3.63, 3.8) is 0 Å². The van der Waals surface area contributed by atoms with Crippen LogP contribution in [0.2, 0.25) is 0 Å². The molecule has 1 aromatic rings. The summed E-state index contributed by atoms with van der Waals surface area (Å²) in [4.78, 5) is 0. The second-order valence-corrected chi connectivity index (χ2v) is 8.51. The molecule has 0 fully saturated rings. The predicted molar refractivity (Wildman–Crippen MR) is 116 cm³/mol. The van der Waals surface area contributed by atoms with Crippen molar-refractivity contribution < 1.29 is 9.13 Å². The second kappa shape index (κ2) is 8.82. The highest BCUT2D eigenvalue weighted by Crippen LogP contribution is 2.30. The maximum Gasteiger partial charge on any atom is 0.153 e. The molecule has 0 amide bonds. The fraction of sp³-hybridized carbons (Fsp3) is 0.478. The fourth-order valence-corrected chi connectivity index (χ4v) is 3.37. The van der Waals surface area contributed by atoms with Crippen molar-refractivity contribution in [3.05, 3.63) is 65.6 Å². The van der Waals surface area contributed by atoms with Crippen molar-refractivity contribution in [3.8, 4) is 0 Å². The van der Waals surface area contributed by atoms with Crippen molar-refractivity contribution in [1.82, 2.24) is 5.32 Å². The van der Waals surface area contributed by atoms with Crippen LogP contribution in [0.3, 0.4) is 0 Å². The number of rotatable bonds is 8. The van der Waals surface area contributed by atoms with Crippen LogP contribution in [0.1, 0.15) is 57.2 Å². The van der Waals surface area contributed by atoms with Crippen LogP contribution < -0.4 is 5.32 Å². The molecule has 1 atom stereocenters. The first kappa shape index (κ1) is 21.3. The Bertz CT molecular complexity index is 733. The largest absolute Gasteiger partial charge is 0.493 e. The number of nitrogens with one attached hydrogen (secondary N) is 1. The molecule has 0 spiro atoms. The van der Waals surface area contributed by atoms with Crippen molar-refractivity contribution in [2.75, 3.05) is 6.61 Å². The Morgan fingerprint density at radius 2 is 2.00 bits per heavy atom. The average Bonchev–Trinajstić information content (AvgIpc) is 2.59. The summed E-state index contributed by atoms with van der Waals surface area (Å²) in [6.45, 7) is 21.3. The molecule has 0 saturated carbocycles. The van der Waals surface area contributed by atoms with E-state index in [9.17, 15) is 4.39 Å². The lowest BCUT2D eigenvalue weighted by Gasteiger charge is -2.28. The van der Waals surface area contributed by atoms with Gasteiger partial charge in [0.15, 0.2) is 7.28 Å². The van der Waals surface area contributed by atoms with Crippen LogP contribution >= 0.6 is 0 Å². The summed E-state index contributed by atoms with van der Waals surface area (Å²) >= 11 is 0. The van der Waals surface area contributed by atoms with Gasteiger partial charge in [-0.25, -0.2) is 4.39 Å². The molecule has 0 aromatic heterocycles. The Morgan fingerprint density at radius 3 is 2.63 bits per heavy atom. The zero-order chi connectivity index (χ0) is 20.2. The zero-order valence-electron chi connectivity index (χ0n) is 17.4. The highest BCUT2D eigenvalue weighted by atomic mass is 19.1. The molecule has 2 nitrogen and oxygen atoms in total. The van der Waals surface area contributed by atoms with Crippen molar-refractivity contribution in [2.45, 2.75) is 59.2 Å². The highest BCUT2D eigenvalue weighted by Gasteiger charge is 2.24. The molecule has 0 saturated heterocycles. The maximum atomic E-state index is 14.2. The van der Waals surface area contributed by atoms with E-state index in [0.29, 0.717) is 18.3 Å². The Balaban J connectivity index is 2.07. The van der Waals surface area contributed by atoms with Gasteiger partial charge in [-0.3, -0.25) is 0 Å². The maximum absolute atomic E-state index is 14.2. The molecule has 0 unspecified atom stereocenters. The Kier molecular flexibility index (Phi) is 6.97.